The molecule has 1 atom stereocenters. The SMILES string of the molecule is Cc1nn(C)c(CC(O)Cc2ccc(F)cc2F)c1Cl. The summed E-state index contributed by atoms with van der Waals surface area (Å²) in [5, 5.41) is 14.7. The third kappa shape index (κ3) is 3.16. The Morgan fingerprint density at radius 2 is 2.05 bits per heavy atom. The van der Waals surface area contributed by atoms with E-state index in [-0.39, 0.29) is 18.4 Å². The molecule has 0 aliphatic rings. The topological polar surface area (TPSA) is 38.0 Å². The second kappa shape index (κ2) is 5.89. The van der Waals surface area contributed by atoms with Gasteiger partial charge in [-0.1, -0.05) is 17.7 Å². The number of rotatable bonds is 4. The second-order valence-corrected chi connectivity index (χ2v) is 5.15. The van der Waals surface area contributed by atoms with E-state index in [9.17, 15) is 13.9 Å². The van der Waals surface area contributed by atoms with Crippen molar-refractivity contribution in [2.45, 2.75) is 25.9 Å². The van der Waals surface area contributed by atoms with Crippen molar-refractivity contribution < 1.29 is 13.9 Å². The summed E-state index contributed by atoms with van der Waals surface area (Å²) in [5.74, 6) is -1.29. The summed E-state index contributed by atoms with van der Waals surface area (Å²) in [6.45, 7) is 1.78. The molecule has 0 saturated heterocycles. The number of aryl methyl sites for hydroxylation is 2. The molecule has 20 heavy (non-hydrogen) atoms. The molecule has 1 unspecified atom stereocenters. The molecular formula is C14H15ClF2N2O. The molecule has 0 bridgehead atoms. The number of aliphatic hydroxyl groups is 1. The van der Waals surface area contributed by atoms with E-state index < -0.39 is 17.7 Å². The van der Waals surface area contributed by atoms with E-state index in [1.165, 1.54) is 12.1 Å². The van der Waals surface area contributed by atoms with Gasteiger partial charge < -0.3 is 5.11 Å². The highest BCUT2D eigenvalue weighted by Gasteiger charge is 2.17. The van der Waals surface area contributed by atoms with Crippen LogP contribution in [0.5, 0.6) is 0 Å². The van der Waals surface area contributed by atoms with E-state index >= 15 is 0 Å². The van der Waals surface area contributed by atoms with Gasteiger partial charge in [0.05, 0.1) is 22.5 Å². The van der Waals surface area contributed by atoms with E-state index in [0.717, 1.165) is 6.07 Å². The lowest BCUT2D eigenvalue weighted by atomic mass is 10.0. The van der Waals surface area contributed by atoms with Gasteiger partial charge in [-0.2, -0.15) is 5.10 Å². The van der Waals surface area contributed by atoms with Crippen LogP contribution >= 0.6 is 11.6 Å². The second-order valence-electron chi connectivity index (χ2n) is 4.77. The highest BCUT2D eigenvalue weighted by Crippen LogP contribution is 2.22. The molecule has 0 saturated carbocycles. The van der Waals surface area contributed by atoms with Crippen LogP contribution in [-0.4, -0.2) is 21.0 Å². The van der Waals surface area contributed by atoms with Crippen LogP contribution in [0.25, 0.3) is 0 Å². The fraction of sp³-hybridized carbons (Fsp3) is 0.357. The van der Waals surface area contributed by atoms with Gasteiger partial charge in [-0.05, 0) is 18.6 Å². The largest absolute Gasteiger partial charge is 0.392 e. The summed E-state index contributed by atoms with van der Waals surface area (Å²) in [6, 6.07) is 3.32. The van der Waals surface area contributed by atoms with Crippen LogP contribution < -0.4 is 0 Å². The first-order chi connectivity index (χ1) is 9.38. The van der Waals surface area contributed by atoms with Crippen molar-refractivity contribution in [1.29, 1.82) is 0 Å². The van der Waals surface area contributed by atoms with Crippen LogP contribution in [0.4, 0.5) is 8.78 Å². The van der Waals surface area contributed by atoms with Crippen molar-refractivity contribution in [3.8, 4) is 0 Å². The molecule has 0 spiro atoms. The van der Waals surface area contributed by atoms with Crippen molar-refractivity contribution >= 4 is 11.6 Å². The molecule has 1 N–H and O–H groups in total. The van der Waals surface area contributed by atoms with Gasteiger partial charge in [0.15, 0.2) is 0 Å². The lowest BCUT2D eigenvalue weighted by Crippen LogP contribution is -2.17. The number of benzene rings is 1. The number of hydrogen-bond donors (Lipinski definition) is 1. The van der Waals surface area contributed by atoms with Gasteiger partial charge in [0, 0.05) is 26.0 Å². The fourth-order valence-electron chi connectivity index (χ4n) is 2.14. The van der Waals surface area contributed by atoms with E-state index in [1.54, 1.807) is 18.7 Å². The van der Waals surface area contributed by atoms with E-state index in [1.807, 2.05) is 0 Å². The monoisotopic (exact) mass is 300 g/mol. The minimum atomic E-state index is -0.817. The van der Waals surface area contributed by atoms with Gasteiger partial charge >= 0.3 is 0 Å². The third-order valence-electron chi connectivity index (χ3n) is 3.16. The van der Waals surface area contributed by atoms with Crippen molar-refractivity contribution in [3.63, 3.8) is 0 Å². The molecule has 0 amide bonds. The zero-order valence-electron chi connectivity index (χ0n) is 11.2. The van der Waals surface area contributed by atoms with Crippen LogP contribution in [0.15, 0.2) is 18.2 Å². The normalized spacial score (nSPS) is 12.7. The van der Waals surface area contributed by atoms with Crippen molar-refractivity contribution in [2.75, 3.05) is 0 Å². The first-order valence-electron chi connectivity index (χ1n) is 6.18. The molecule has 2 aromatic rings. The Morgan fingerprint density at radius 3 is 2.60 bits per heavy atom. The third-order valence-corrected chi connectivity index (χ3v) is 3.65. The van der Waals surface area contributed by atoms with Crippen LogP contribution in [-0.2, 0) is 19.9 Å². The van der Waals surface area contributed by atoms with E-state index in [0.29, 0.717) is 16.4 Å². The summed E-state index contributed by atoms with van der Waals surface area (Å²) < 4.78 is 27.9. The van der Waals surface area contributed by atoms with Crippen LogP contribution in [0.1, 0.15) is 17.0 Å². The summed E-state index contributed by atoms with van der Waals surface area (Å²) in [4.78, 5) is 0. The van der Waals surface area contributed by atoms with Crippen LogP contribution in [0.2, 0.25) is 5.02 Å². The predicted octanol–water partition coefficient (Wildman–Crippen LogP) is 2.81. The van der Waals surface area contributed by atoms with Crippen molar-refractivity contribution in [2.24, 2.45) is 7.05 Å². The van der Waals surface area contributed by atoms with Gasteiger partial charge in [0.25, 0.3) is 0 Å². The molecule has 0 aliphatic heterocycles. The molecular weight excluding hydrogens is 286 g/mol. The van der Waals surface area contributed by atoms with Crippen LogP contribution in [0.3, 0.4) is 0 Å². The molecule has 0 radical (unpaired) electrons. The lowest BCUT2D eigenvalue weighted by Gasteiger charge is -2.12. The Balaban J connectivity index is 2.11. The summed E-state index contributed by atoms with van der Waals surface area (Å²) in [6.07, 6.45) is -0.470. The number of aromatic nitrogens is 2. The number of nitrogens with zero attached hydrogens (tertiary/aromatic N) is 2. The Kier molecular flexibility index (Phi) is 4.40. The predicted molar refractivity (Wildman–Crippen MR) is 72.7 cm³/mol. The lowest BCUT2D eigenvalue weighted by molar-refractivity contribution is 0.171. The average Bonchev–Trinajstić information content (AvgIpc) is 2.60. The average molecular weight is 301 g/mol. The number of aliphatic hydroxyl groups excluding tert-OH is 1. The Morgan fingerprint density at radius 1 is 1.35 bits per heavy atom. The summed E-state index contributed by atoms with van der Waals surface area (Å²) >= 11 is 6.10. The Hall–Kier alpha value is -1.46. The van der Waals surface area contributed by atoms with E-state index in [4.69, 9.17) is 11.6 Å². The zero-order valence-corrected chi connectivity index (χ0v) is 12.0. The minimum Gasteiger partial charge on any atom is -0.392 e. The standard InChI is InChI=1S/C14H15ClF2N2O/c1-8-14(15)13(19(2)18-8)7-11(20)5-9-3-4-10(16)6-12(9)17/h3-4,6,11,20H,5,7H2,1-2H3. The zero-order chi connectivity index (χ0) is 14.9. The molecule has 0 aliphatic carbocycles. The molecule has 1 heterocycles. The highest BCUT2D eigenvalue weighted by atomic mass is 35.5. The molecule has 6 heteroatoms. The molecule has 1 aromatic carbocycles. The number of hydrogen-bond acceptors (Lipinski definition) is 2. The number of halogens is 3. The van der Waals surface area contributed by atoms with Gasteiger partial charge in [-0.3, -0.25) is 4.68 Å². The van der Waals surface area contributed by atoms with Gasteiger partial charge in [-0.25, -0.2) is 8.78 Å². The maximum absolute atomic E-state index is 13.5. The quantitative estimate of drug-likeness (QED) is 0.943. The Labute approximate surface area is 120 Å². The van der Waals surface area contributed by atoms with Gasteiger partial charge in [0.1, 0.15) is 11.6 Å². The molecule has 1 aromatic heterocycles. The maximum Gasteiger partial charge on any atom is 0.129 e. The molecule has 108 valence electrons. The molecule has 2 rings (SSSR count). The first-order valence-corrected chi connectivity index (χ1v) is 6.56. The minimum absolute atomic E-state index is 0.0900. The van der Waals surface area contributed by atoms with Crippen molar-refractivity contribution in [3.05, 3.63) is 51.8 Å². The van der Waals surface area contributed by atoms with E-state index in [2.05, 4.69) is 5.10 Å². The first kappa shape index (κ1) is 14.9. The highest BCUT2D eigenvalue weighted by molar-refractivity contribution is 6.31. The van der Waals surface area contributed by atoms with Crippen molar-refractivity contribution in [1.82, 2.24) is 9.78 Å². The molecule has 0 fully saturated rings. The fourth-order valence-corrected chi connectivity index (χ4v) is 2.38. The Bertz CT molecular complexity index is 628. The summed E-state index contributed by atoms with van der Waals surface area (Å²) in [5.41, 5.74) is 1.65. The van der Waals surface area contributed by atoms with Gasteiger partial charge in [-0.15, -0.1) is 0 Å². The smallest absolute Gasteiger partial charge is 0.129 e. The summed E-state index contributed by atoms with van der Waals surface area (Å²) in [7, 11) is 1.74. The maximum atomic E-state index is 13.5. The van der Waals surface area contributed by atoms with Gasteiger partial charge in [0.2, 0.25) is 0 Å². The van der Waals surface area contributed by atoms with Crippen LogP contribution in [0, 0.1) is 18.6 Å². The molecule has 3 nitrogen and oxygen atoms in total.